The highest BCUT2D eigenvalue weighted by molar-refractivity contribution is 7.94. The Balaban J connectivity index is 2.09. The minimum atomic E-state index is -4.12. The van der Waals surface area contributed by atoms with Crippen molar-refractivity contribution in [1.29, 1.82) is 0 Å². The molecule has 0 spiro atoms. The predicted molar refractivity (Wildman–Crippen MR) is 115 cm³/mol. The Kier molecular flexibility index (Phi) is 5.83. The second-order valence-corrected chi connectivity index (χ2v) is 10.8. The van der Waals surface area contributed by atoms with Crippen LogP contribution in [0.1, 0.15) is 25.0 Å². The minimum absolute atomic E-state index is 0.0340. The predicted octanol–water partition coefficient (Wildman–Crippen LogP) is 2.82. The van der Waals surface area contributed by atoms with E-state index in [0.29, 0.717) is 9.99 Å². The quantitative estimate of drug-likeness (QED) is 0.722. The van der Waals surface area contributed by atoms with Gasteiger partial charge >= 0.3 is 0 Å². The first kappa shape index (κ1) is 22.1. The lowest BCUT2D eigenvalue weighted by molar-refractivity contribution is -0.119. The maximum absolute atomic E-state index is 13.1. The van der Waals surface area contributed by atoms with Gasteiger partial charge in [0.1, 0.15) is 10.6 Å². The number of ether oxygens (including phenoxy) is 1. The zero-order chi connectivity index (χ0) is 22.3. The first-order chi connectivity index (χ1) is 14.0. The van der Waals surface area contributed by atoms with Crippen LogP contribution in [-0.2, 0) is 24.8 Å². The Hall–Kier alpha value is -2.59. The van der Waals surface area contributed by atoms with Crippen molar-refractivity contribution in [3.63, 3.8) is 0 Å². The summed E-state index contributed by atoms with van der Waals surface area (Å²) in [5.74, 6) is -1.54. The van der Waals surface area contributed by atoms with Crippen molar-refractivity contribution in [2.75, 3.05) is 21.4 Å². The van der Waals surface area contributed by atoms with Crippen molar-refractivity contribution in [2.24, 2.45) is 5.92 Å². The third-order valence-electron chi connectivity index (χ3n) is 4.87. The molecule has 1 aliphatic heterocycles. The largest absolute Gasteiger partial charge is 0.492 e. The maximum Gasteiger partial charge on any atom is 0.265 e. The number of carbonyl (C=O) groups excluding carboxylic acids is 1. The summed E-state index contributed by atoms with van der Waals surface area (Å²) in [4.78, 5) is 12.2. The number of carbonyl (C=O) groups is 1. The Bertz CT molecular complexity index is 1210. The molecule has 30 heavy (non-hydrogen) atoms. The van der Waals surface area contributed by atoms with Crippen LogP contribution in [0, 0.1) is 19.8 Å². The monoisotopic (exact) mass is 452 g/mol. The maximum atomic E-state index is 13.1. The molecule has 8 nitrogen and oxygen atoms in total. The van der Waals surface area contributed by atoms with Crippen LogP contribution in [0.5, 0.6) is 5.75 Å². The van der Waals surface area contributed by atoms with Gasteiger partial charge in [0.05, 0.1) is 24.0 Å². The van der Waals surface area contributed by atoms with Gasteiger partial charge in [-0.25, -0.2) is 21.1 Å². The molecule has 0 bridgehead atoms. The van der Waals surface area contributed by atoms with Crippen molar-refractivity contribution in [3.05, 3.63) is 47.5 Å². The van der Waals surface area contributed by atoms with E-state index in [1.54, 1.807) is 25.1 Å². The lowest BCUT2D eigenvalue weighted by Gasteiger charge is -2.19. The van der Waals surface area contributed by atoms with Gasteiger partial charge in [0.2, 0.25) is 15.9 Å². The van der Waals surface area contributed by atoms with Gasteiger partial charge in [0.15, 0.2) is 0 Å². The summed E-state index contributed by atoms with van der Waals surface area (Å²) < 4.78 is 59.7. The number of hydrogen-bond donors (Lipinski definition) is 1. The van der Waals surface area contributed by atoms with Gasteiger partial charge in [-0.2, -0.15) is 0 Å². The number of aryl methyl sites for hydroxylation is 2. The summed E-state index contributed by atoms with van der Waals surface area (Å²) in [6, 6.07) is 9.02. The molecule has 0 aromatic heterocycles. The van der Waals surface area contributed by atoms with Crippen LogP contribution in [0.25, 0.3) is 0 Å². The van der Waals surface area contributed by atoms with E-state index in [2.05, 4.69) is 4.72 Å². The van der Waals surface area contributed by atoms with Gasteiger partial charge in [-0.05, 0) is 62.2 Å². The van der Waals surface area contributed by atoms with Gasteiger partial charge in [-0.15, -0.1) is 0 Å². The van der Waals surface area contributed by atoms with Crippen molar-refractivity contribution in [1.82, 2.24) is 0 Å². The molecule has 1 heterocycles. The second kappa shape index (κ2) is 7.92. The lowest BCUT2D eigenvalue weighted by Crippen LogP contribution is -2.30. The number of benzene rings is 2. The van der Waals surface area contributed by atoms with E-state index in [9.17, 15) is 21.6 Å². The molecular formula is C20H24N2O6S2. The van der Waals surface area contributed by atoms with Gasteiger partial charge < -0.3 is 4.74 Å². The van der Waals surface area contributed by atoms with Gasteiger partial charge in [0, 0.05) is 5.69 Å². The number of amides is 1. The average molecular weight is 453 g/mol. The first-order valence-corrected chi connectivity index (χ1v) is 12.5. The molecule has 2 aromatic carbocycles. The van der Waals surface area contributed by atoms with Crippen LogP contribution in [0.3, 0.4) is 0 Å². The van der Waals surface area contributed by atoms with Gasteiger partial charge in [-0.1, -0.05) is 13.0 Å². The molecule has 10 heteroatoms. The Labute approximate surface area is 177 Å². The normalized spacial score (nSPS) is 18.5. The van der Waals surface area contributed by atoms with Gasteiger partial charge in [0.25, 0.3) is 10.0 Å². The zero-order valence-corrected chi connectivity index (χ0v) is 18.8. The van der Waals surface area contributed by atoms with Crippen molar-refractivity contribution < 1.29 is 26.4 Å². The van der Waals surface area contributed by atoms with E-state index in [1.807, 2.05) is 13.8 Å². The number of anilines is 2. The summed E-state index contributed by atoms with van der Waals surface area (Å²) in [6.07, 6.45) is 0. The molecule has 1 N–H and O–H groups in total. The van der Waals surface area contributed by atoms with Crippen molar-refractivity contribution in [2.45, 2.75) is 32.6 Å². The van der Waals surface area contributed by atoms with E-state index in [1.165, 1.54) is 19.1 Å². The van der Waals surface area contributed by atoms with E-state index >= 15 is 0 Å². The third-order valence-corrected chi connectivity index (χ3v) is 8.14. The smallest absolute Gasteiger partial charge is 0.265 e. The fourth-order valence-electron chi connectivity index (χ4n) is 3.21. The topological polar surface area (TPSA) is 110 Å². The standard InChI is InChI=1S/C20H24N2O6S2/c1-5-28-18-9-8-17(22-20(23)15(4)12-29(22,24)25)11-19(18)30(26,27)21-16-7-6-13(2)14(3)10-16/h6-11,15,21H,5,12H2,1-4H3. The third kappa shape index (κ3) is 4.15. The highest BCUT2D eigenvalue weighted by Crippen LogP contribution is 2.35. The Morgan fingerprint density at radius 3 is 2.40 bits per heavy atom. The highest BCUT2D eigenvalue weighted by atomic mass is 32.2. The molecule has 0 aliphatic carbocycles. The number of rotatable bonds is 6. The molecule has 162 valence electrons. The van der Waals surface area contributed by atoms with Crippen LogP contribution in [0.15, 0.2) is 41.3 Å². The summed E-state index contributed by atoms with van der Waals surface area (Å²) in [5.41, 5.74) is 2.26. The van der Waals surface area contributed by atoms with E-state index < -0.39 is 31.9 Å². The molecule has 1 saturated heterocycles. The zero-order valence-electron chi connectivity index (χ0n) is 17.2. The Morgan fingerprint density at radius 1 is 1.13 bits per heavy atom. The average Bonchev–Trinajstić information content (AvgIpc) is 2.85. The molecular weight excluding hydrogens is 428 g/mol. The molecule has 1 amide bonds. The Morgan fingerprint density at radius 2 is 1.83 bits per heavy atom. The first-order valence-electron chi connectivity index (χ1n) is 9.40. The number of hydrogen-bond acceptors (Lipinski definition) is 6. The second-order valence-electron chi connectivity index (χ2n) is 7.25. The number of nitrogens with zero attached hydrogens (tertiary/aromatic N) is 1. The molecule has 0 saturated carbocycles. The summed E-state index contributed by atoms with van der Waals surface area (Å²) in [6.45, 7) is 7.22. The van der Waals surface area contributed by atoms with Crippen LogP contribution >= 0.6 is 0 Å². The number of sulfonamides is 2. The fraction of sp³-hybridized carbons (Fsp3) is 0.350. The minimum Gasteiger partial charge on any atom is -0.492 e. The van der Waals surface area contributed by atoms with Gasteiger partial charge in [-0.3, -0.25) is 9.52 Å². The SMILES string of the molecule is CCOc1ccc(N2C(=O)C(C)CS2(=O)=O)cc1S(=O)(=O)Nc1ccc(C)c(C)c1. The molecule has 3 rings (SSSR count). The van der Waals surface area contributed by atoms with E-state index in [0.717, 1.165) is 17.2 Å². The number of nitrogens with one attached hydrogen (secondary N) is 1. The molecule has 2 aromatic rings. The summed E-state index contributed by atoms with van der Waals surface area (Å²) in [5, 5.41) is 0. The van der Waals surface area contributed by atoms with Crippen LogP contribution in [0.4, 0.5) is 11.4 Å². The fourth-order valence-corrected chi connectivity index (χ4v) is 6.24. The van der Waals surface area contributed by atoms with Crippen LogP contribution in [-0.4, -0.2) is 35.1 Å². The van der Waals surface area contributed by atoms with Crippen LogP contribution < -0.4 is 13.8 Å². The molecule has 0 radical (unpaired) electrons. The molecule has 1 fully saturated rings. The van der Waals surface area contributed by atoms with Crippen molar-refractivity contribution in [3.8, 4) is 5.75 Å². The van der Waals surface area contributed by atoms with E-state index in [-0.39, 0.29) is 28.7 Å². The summed E-state index contributed by atoms with van der Waals surface area (Å²) in [7, 11) is -7.99. The van der Waals surface area contributed by atoms with Crippen LogP contribution in [0.2, 0.25) is 0 Å². The summed E-state index contributed by atoms with van der Waals surface area (Å²) >= 11 is 0. The molecule has 1 aliphatic rings. The lowest BCUT2D eigenvalue weighted by atomic mass is 10.1. The van der Waals surface area contributed by atoms with Crippen molar-refractivity contribution >= 4 is 37.3 Å². The van der Waals surface area contributed by atoms with E-state index in [4.69, 9.17) is 4.74 Å². The molecule has 1 atom stereocenters. The highest BCUT2D eigenvalue weighted by Gasteiger charge is 2.42. The molecule has 1 unspecified atom stereocenters.